The molecule has 19 heavy (non-hydrogen) atoms. The molecule has 4 nitrogen and oxygen atoms in total. The Balaban J connectivity index is 2.33. The Labute approximate surface area is 115 Å². The molecule has 0 saturated carbocycles. The number of piperazine rings is 1. The smallest absolute Gasteiger partial charge is 0.241 e. The molecule has 1 unspecified atom stereocenters. The highest BCUT2D eigenvalue weighted by Gasteiger charge is 2.30. The highest BCUT2D eigenvalue weighted by molar-refractivity contribution is 5.96. The summed E-state index contributed by atoms with van der Waals surface area (Å²) in [6, 6.07) is 8.39. The molecular weight excluding hydrogens is 238 g/mol. The van der Waals surface area contributed by atoms with Gasteiger partial charge in [-0.1, -0.05) is 32.0 Å². The molecule has 4 heteroatoms. The van der Waals surface area contributed by atoms with Gasteiger partial charge in [0.05, 0.1) is 6.54 Å². The average Bonchev–Trinajstić information content (AvgIpc) is 2.39. The fourth-order valence-corrected chi connectivity index (χ4v) is 2.59. The van der Waals surface area contributed by atoms with Crippen LogP contribution in [0.4, 0.5) is 5.69 Å². The van der Waals surface area contributed by atoms with Gasteiger partial charge in [0.15, 0.2) is 0 Å². The molecule has 0 aromatic heterocycles. The van der Waals surface area contributed by atoms with Crippen molar-refractivity contribution in [3.63, 3.8) is 0 Å². The summed E-state index contributed by atoms with van der Waals surface area (Å²) in [6.07, 6.45) is 0. The number of hydrogen-bond acceptors (Lipinski definition) is 3. The number of amides is 1. The minimum Gasteiger partial charge on any atom is -0.329 e. The van der Waals surface area contributed by atoms with Crippen molar-refractivity contribution in [1.82, 2.24) is 4.90 Å². The van der Waals surface area contributed by atoms with Crippen molar-refractivity contribution >= 4 is 11.6 Å². The number of hydrogen-bond donors (Lipinski definition) is 1. The van der Waals surface area contributed by atoms with E-state index in [1.807, 2.05) is 35.0 Å². The van der Waals surface area contributed by atoms with Crippen LogP contribution in [-0.2, 0) is 4.79 Å². The summed E-state index contributed by atoms with van der Waals surface area (Å²) in [4.78, 5) is 16.2. The Bertz CT molecular complexity index is 458. The van der Waals surface area contributed by atoms with Crippen molar-refractivity contribution in [2.45, 2.75) is 25.8 Å². The van der Waals surface area contributed by atoms with Crippen molar-refractivity contribution in [3.05, 3.63) is 29.8 Å². The third-order valence-electron chi connectivity index (χ3n) is 3.82. The number of nitrogens with two attached hydrogens (primary N) is 1. The first kappa shape index (κ1) is 14.0. The molecular formula is C15H23N3O. The van der Waals surface area contributed by atoms with Crippen molar-refractivity contribution < 1.29 is 4.79 Å². The molecule has 1 atom stereocenters. The van der Waals surface area contributed by atoms with Gasteiger partial charge < -0.3 is 10.6 Å². The number of carbonyl (C=O) groups is 1. The first-order chi connectivity index (χ1) is 9.04. The van der Waals surface area contributed by atoms with Gasteiger partial charge in [0.2, 0.25) is 5.91 Å². The van der Waals surface area contributed by atoms with Gasteiger partial charge in [-0.3, -0.25) is 9.69 Å². The second-order valence-corrected chi connectivity index (χ2v) is 5.52. The highest BCUT2D eigenvalue weighted by Crippen LogP contribution is 2.29. The van der Waals surface area contributed by atoms with Gasteiger partial charge in [-0.15, -0.1) is 0 Å². The number of anilines is 1. The van der Waals surface area contributed by atoms with E-state index in [-0.39, 0.29) is 11.9 Å². The molecule has 0 radical (unpaired) electrons. The maximum Gasteiger partial charge on any atom is 0.241 e. The minimum absolute atomic E-state index is 0.153. The number of nitrogens with zero attached hydrogens (tertiary/aromatic N) is 2. The van der Waals surface area contributed by atoms with Crippen molar-refractivity contribution in [2.24, 2.45) is 5.73 Å². The third-order valence-corrected chi connectivity index (χ3v) is 3.82. The van der Waals surface area contributed by atoms with Crippen LogP contribution in [0.1, 0.15) is 25.3 Å². The standard InChI is InChI=1S/C15H23N3O/c1-11(2)13-6-4-5-7-14(13)18-9-12(8-16)17(3)10-15(18)19/h4-7,11-12H,8-10,16H2,1-3H3. The monoisotopic (exact) mass is 261 g/mol. The van der Waals surface area contributed by atoms with Crippen LogP contribution in [0.3, 0.4) is 0 Å². The van der Waals surface area contributed by atoms with Gasteiger partial charge in [0.1, 0.15) is 0 Å². The van der Waals surface area contributed by atoms with Gasteiger partial charge in [-0.2, -0.15) is 0 Å². The van der Waals surface area contributed by atoms with Crippen molar-refractivity contribution in [1.29, 1.82) is 0 Å². The molecule has 1 saturated heterocycles. The topological polar surface area (TPSA) is 49.6 Å². The normalized spacial score (nSPS) is 21.2. The number of para-hydroxylation sites is 1. The number of likely N-dealkylation sites (N-methyl/N-ethyl adjacent to an activating group) is 1. The Hall–Kier alpha value is -1.39. The molecule has 2 rings (SSSR count). The summed E-state index contributed by atoms with van der Waals surface area (Å²) in [7, 11) is 1.96. The molecule has 1 aliphatic rings. The summed E-state index contributed by atoms with van der Waals surface area (Å²) in [5, 5.41) is 0. The molecule has 1 aromatic carbocycles. The van der Waals surface area contributed by atoms with E-state index in [2.05, 4.69) is 19.9 Å². The highest BCUT2D eigenvalue weighted by atomic mass is 16.2. The molecule has 1 fully saturated rings. The van der Waals surface area contributed by atoms with E-state index in [0.717, 1.165) is 5.69 Å². The second-order valence-electron chi connectivity index (χ2n) is 5.52. The number of benzene rings is 1. The van der Waals surface area contributed by atoms with E-state index >= 15 is 0 Å². The lowest BCUT2D eigenvalue weighted by molar-refractivity contribution is -0.121. The van der Waals surface area contributed by atoms with Crippen molar-refractivity contribution in [3.8, 4) is 0 Å². The molecule has 1 heterocycles. The molecule has 0 aliphatic carbocycles. The average molecular weight is 261 g/mol. The van der Waals surface area contributed by atoms with Crippen LogP contribution in [-0.4, -0.2) is 43.5 Å². The predicted octanol–water partition coefficient (Wildman–Crippen LogP) is 1.42. The lowest BCUT2D eigenvalue weighted by Crippen LogP contribution is -2.57. The third kappa shape index (κ3) is 2.80. The van der Waals surface area contributed by atoms with Gasteiger partial charge >= 0.3 is 0 Å². The Morgan fingerprint density at radius 2 is 2.05 bits per heavy atom. The quantitative estimate of drug-likeness (QED) is 0.895. The van der Waals surface area contributed by atoms with E-state index < -0.39 is 0 Å². The fraction of sp³-hybridized carbons (Fsp3) is 0.533. The van der Waals surface area contributed by atoms with Crippen LogP contribution in [0.25, 0.3) is 0 Å². The zero-order chi connectivity index (χ0) is 14.0. The van der Waals surface area contributed by atoms with Gasteiger partial charge in [-0.05, 0) is 24.6 Å². The lowest BCUT2D eigenvalue weighted by atomic mass is 9.99. The van der Waals surface area contributed by atoms with E-state index in [9.17, 15) is 4.79 Å². The van der Waals surface area contributed by atoms with Crippen LogP contribution in [0, 0.1) is 0 Å². The van der Waals surface area contributed by atoms with Gasteiger partial charge in [0, 0.05) is 24.8 Å². The molecule has 2 N–H and O–H groups in total. The van der Waals surface area contributed by atoms with Gasteiger partial charge in [-0.25, -0.2) is 0 Å². The zero-order valence-corrected chi connectivity index (χ0v) is 12.0. The van der Waals surface area contributed by atoms with Crippen LogP contribution < -0.4 is 10.6 Å². The predicted molar refractivity (Wildman–Crippen MR) is 78.4 cm³/mol. The largest absolute Gasteiger partial charge is 0.329 e. The molecule has 0 spiro atoms. The maximum atomic E-state index is 12.3. The lowest BCUT2D eigenvalue weighted by Gasteiger charge is -2.39. The van der Waals surface area contributed by atoms with Crippen molar-refractivity contribution in [2.75, 3.05) is 31.6 Å². The Morgan fingerprint density at radius 3 is 2.68 bits per heavy atom. The second kappa shape index (κ2) is 5.72. The summed E-state index contributed by atoms with van der Waals surface area (Å²) in [6.45, 7) is 5.99. The van der Waals surface area contributed by atoms with Crippen LogP contribution >= 0.6 is 0 Å². The molecule has 1 aromatic rings. The summed E-state index contributed by atoms with van der Waals surface area (Å²) in [5.41, 5.74) is 8.05. The van der Waals surface area contributed by atoms with E-state index in [4.69, 9.17) is 5.73 Å². The van der Waals surface area contributed by atoms with E-state index in [1.54, 1.807) is 0 Å². The first-order valence-electron chi connectivity index (χ1n) is 6.84. The zero-order valence-electron chi connectivity index (χ0n) is 12.0. The Morgan fingerprint density at radius 1 is 1.37 bits per heavy atom. The van der Waals surface area contributed by atoms with Crippen LogP contribution in [0.5, 0.6) is 0 Å². The fourth-order valence-electron chi connectivity index (χ4n) is 2.59. The molecule has 104 valence electrons. The van der Waals surface area contributed by atoms with Gasteiger partial charge in [0.25, 0.3) is 0 Å². The van der Waals surface area contributed by atoms with Crippen LogP contribution in [0.15, 0.2) is 24.3 Å². The van der Waals surface area contributed by atoms with E-state index in [1.165, 1.54) is 5.56 Å². The first-order valence-corrected chi connectivity index (χ1v) is 6.84. The number of carbonyl (C=O) groups excluding carboxylic acids is 1. The Kier molecular flexibility index (Phi) is 4.22. The van der Waals surface area contributed by atoms with Crippen LogP contribution in [0.2, 0.25) is 0 Å². The molecule has 0 bridgehead atoms. The SMILES string of the molecule is CC(C)c1ccccc1N1CC(CN)N(C)CC1=O. The number of rotatable bonds is 3. The minimum atomic E-state index is 0.153. The summed E-state index contributed by atoms with van der Waals surface area (Å²) in [5.74, 6) is 0.556. The van der Waals surface area contributed by atoms with E-state index in [0.29, 0.717) is 25.6 Å². The summed E-state index contributed by atoms with van der Waals surface area (Å²) >= 11 is 0. The molecule has 1 aliphatic heterocycles. The molecule has 1 amide bonds. The summed E-state index contributed by atoms with van der Waals surface area (Å²) < 4.78 is 0. The maximum absolute atomic E-state index is 12.3.